The number of benzene rings is 2. The number of pyridine rings is 1. The number of anilines is 2. The summed E-state index contributed by atoms with van der Waals surface area (Å²) in [6, 6.07) is 14.0. The van der Waals surface area contributed by atoms with Crippen molar-refractivity contribution in [3.05, 3.63) is 96.3 Å². The summed E-state index contributed by atoms with van der Waals surface area (Å²) in [5.74, 6) is -1.65. The second-order valence-electron chi connectivity index (χ2n) is 7.85. The monoisotopic (exact) mass is 518 g/mol. The van der Waals surface area contributed by atoms with Gasteiger partial charge in [-0.15, -0.1) is 0 Å². The Morgan fingerprint density at radius 1 is 0.919 bits per heavy atom. The van der Waals surface area contributed by atoms with Crippen molar-refractivity contribution < 1.29 is 22.3 Å². The average molecular weight is 519 g/mol. The van der Waals surface area contributed by atoms with Crippen LogP contribution in [0.15, 0.2) is 79.4 Å². The molecule has 5 rings (SSSR count). The zero-order chi connectivity index (χ0) is 26.0. The van der Waals surface area contributed by atoms with E-state index in [1.54, 1.807) is 55.0 Å². The number of aromatic amines is 1. The van der Waals surface area contributed by atoms with Crippen molar-refractivity contribution in [3.63, 3.8) is 0 Å². The molecule has 37 heavy (non-hydrogen) atoms. The number of rotatable bonds is 8. The molecule has 0 saturated carbocycles. The van der Waals surface area contributed by atoms with Crippen LogP contribution in [0, 0.1) is 5.82 Å². The summed E-state index contributed by atoms with van der Waals surface area (Å²) in [5, 5.41) is 0.453. The van der Waals surface area contributed by atoms with Crippen LogP contribution in [0.25, 0.3) is 22.2 Å². The van der Waals surface area contributed by atoms with Gasteiger partial charge in [0.15, 0.2) is 11.6 Å². The van der Waals surface area contributed by atoms with Crippen LogP contribution in [0.1, 0.15) is 15.9 Å². The van der Waals surface area contributed by atoms with Gasteiger partial charge in [0.05, 0.1) is 24.0 Å². The second-order valence-corrected chi connectivity index (χ2v) is 9.27. The number of fused-ring (bicyclic) bond motifs is 1. The maximum Gasteiger partial charge on any atom is 0.321 e. The van der Waals surface area contributed by atoms with Gasteiger partial charge in [-0.2, -0.15) is 8.42 Å². The molecule has 0 fully saturated rings. The Bertz CT molecular complexity index is 1710. The third kappa shape index (κ3) is 4.95. The first-order valence-corrected chi connectivity index (χ1v) is 12.4. The predicted molar refractivity (Wildman–Crippen MR) is 136 cm³/mol. The summed E-state index contributed by atoms with van der Waals surface area (Å²) >= 11 is 0. The fraction of sp³-hybridized carbons (Fsp3) is 0.0400. The quantitative estimate of drug-likeness (QED) is 0.262. The molecule has 3 heterocycles. The van der Waals surface area contributed by atoms with Crippen molar-refractivity contribution in [1.82, 2.24) is 19.9 Å². The van der Waals surface area contributed by atoms with E-state index in [1.165, 1.54) is 31.5 Å². The highest BCUT2D eigenvalue weighted by Gasteiger charge is 2.22. The Labute approximate surface area is 210 Å². The molecule has 10 nitrogen and oxygen atoms in total. The van der Waals surface area contributed by atoms with Crippen LogP contribution in [0.5, 0.6) is 6.01 Å². The second kappa shape index (κ2) is 9.66. The molecule has 0 aliphatic rings. The first-order chi connectivity index (χ1) is 17.8. The molecule has 0 aliphatic carbocycles. The summed E-state index contributed by atoms with van der Waals surface area (Å²) in [7, 11) is -2.71. The fourth-order valence-corrected chi connectivity index (χ4v) is 4.63. The van der Waals surface area contributed by atoms with Gasteiger partial charge in [-0.05, 0) is 30.3 Å². The fourth-order valence-electron chi connectivity index (χ4n) is 3.68. The molecular weight excluding hydrogens is 499 g/mol. The van der Waals surface area contributed by atoms with Crippen LogP contribution in [0.2, 0.25) is 0 Å². The van der Waals surface area contributed by atoms with E-state index < -0.39 is 21.8 Å². The van der Waals surface area contributed by atoms with E-state index >= 15 is 4.39 Å². The van der Waals surface area contributed by atoms with Gasteiger partial charge in [0.25, 0.3) is 0 Å². The first kappa shape index (κ1) is 23.9. The van der Waals surface area contributed by atoms with Gasteiger partial charge in [0.2, 0.25) is 0 Å². The highest BCUT2D eigenvalue weighted by Crippen LogP contribution is 2.28. The largest absolute Gasteiger partial charge is 0.467 e. The minimum Gasteiger partial charge on any atom is -0.467 e. The van der Waals surface area contributed by atoms with E-state index in [-0.39, 0.29) is 22.8 Å². The molecule has 0 saturated heterocycles. The average Bonchev–Trinajstić information content (AvgIpc) is 3.33. The molecule has 2 aromatic carbocycles. The number of aromatic nitrogens is 4. The Balaban J connectivity index is 1.46. The molecule has 3 aromatic heterocycles. The number of para-hydroxylation sites is 1. The molecule has 0 atom stereocenters. The molecule has 0 bridgehead atoms. The Morgan fingerprint density at radius 2 is 1.65 bits per heavy atom. The van der Waals surface area contributed by atoms with Crippen LogP contribution < -0.4 is 14.2 Å². The minimum absolute atomic E-state index is 0.167. The van der Waals surface area contributed by atoms with E-state index in [1.807, 2.05) is 0 Å². The number of nitrogens with one attached hydrogen (secondary N) is 3. The van der Waals surface area contributed by atoms with Gasteiger partial charge in [-0.25, -0.2) is 19.3 Å². The Kier molecular flexibility index (Phi) is 6.24. The van der Waals surface area contributed by atoms with E-state index in [9.17, 15) is 13.2 Å². The molecule has 0 spiro atoms. The minimum atomic E-state index is -4.17. The molecule has 0 amide bonds. The summed E-state index contributed by atoms with van der Waals surface area (Å²) < 4.78 is 49.8. The van der Waals surface area contributed by atoms with E-state index in [0.29, 0.717) is 27.8 Å². The maximum absolute atomic E-state index is 15.4. The molecule has 0 aliphatic heterocycles. The van der Waals surface area contributed by atoms with E-state index in [2.05, 4.69) is 29.4 Å². The van der Waals surface area contributed by atoms with Gasteiger partial charge in [-0.1, -0.05) is 24.3 Å². The summed E-state index contributed by atoms with van der Waals surface area (Å²) in [6.45, 7) is 0. The lowest BCUT2D eigenvalue weighted by Gasteiger charge is -2.12. The number of carbonyl (C=O) groups excluding carboxylic acids is 1. The van der Waals surface area contributed by atoms with Crippen molar-refractivity contribution in [3.8, 4) is 17.1 Å². The predicted octanol–water partition coefficient (Wildman–Crippen LogP) is 4.17. The maximum atomic E-state index is 15.4. The lowest BCUT2D eigenvalue weighted by Crippen LogP contribution is -2.22. The van der Waals surface area contributed by atoms with Crippen LogP contribution in [0.3, 0.4) is 0 Å². The van der Waals surface area contributed by atoms with Crippen LogP contribution in [-0.2, 0) is 10.2 Å². The Morgan fingerprint density at radius 3 is 2.38 bits per heavy atom. The standard InChI is InChI=1S/C25H19FN6O4S/c1-36-25-29-12-16(13-30-25)15-10-19-20(14-28-24(19)27-11-15)23(33)18-8-5-9-21(22(18)26)32-37(34,35)31-17-6-3-2-4-7-17/h2-14,31-32H,1H3,(H,27,28). The molecule has 0 unspecified atom stereocenters. The van der Waals surface area contributed by atoms with Gasteiger partial charge in [0, 0.05) is 46.9 Å². The highest BCUT2D eigenvalue weighted by molar-refractivity contribution is 7.94. The van der Waals surface area contributed by atoms with Gasteiger partial charge >= 0.3 is 16.2 Å². The van der Waals surface area contributed by atoms with Gasteiger partial charge in [-0.3, -0.25) is 14.2 Å². The lowest BCUT2D eigenvalue weighted by molar-refractivity contribution is 0.103. The normalized spacial score (nSPS) is 11.3. The molecular formula is C25H19FN6O4S. The number of ketones is 1. The van der Waals surface area contributed by atoms with Crippen LogP contribution in [0.4, 0.5) is 15.8 Å². The third-order valence-electron chi connectivity index (χ3n) is 5.43. The lowest BCUT2D eigenvalue weighted by atomic mass is 10.0. The van der Waals surface area contributed by atoms with E-state index in [0.717, 1.165) is 0 Å². The van der Waals surface area contributed by atoms with Gasteiger partial charge in [0.1, 0.15) is 5.65 Å². The Hall–Kier alpha value is -4.84. The number of ether oxygens (including phenoxy) is 1. The molecule has 186 valence electrons. The topological polar surface area (TPSA) is 139 Å². The number of carbonyl (C=O) groups is 1. The first-order valence-electron chi connectivity index (χ1n) is 10.9. The van der Waals surface area contributed by atoms with Crippen LogP contribution in [-0.4, -0.2) is 41.2 Å². The van der Waals surface area contributed by atoms with Crippen molar-refractivity contribution in [2.24, 2.45) is 0 Å². The number of nitrogens with zero attached hydrogens (tertiary/aromatic N) is 3. The number of hydrogen-bond acceptors (Lipinski definition) is 7. The zero-order valence-electron chi connectivity index (χ0n) is 19.3. The molecule has 0 radical (unpaired) electrons. The van der Waals surface area contributed by atoms with Crippen molar-refractivity contribution >= 4 is 38.4 Å². The molecule has 3 N–H and O–H groups in total. The highest BCUT2D eigenvalue weighted by atomic mass is 32.2. The zero-order valence-corrected chi connectivity index (χ0v) is 20.1. The SMILES string of the molecule is COc1ncc(-c2cnc3[nH]cc(C(=O)c4cccc(NS(=O)(=O)Nc5ccccc5)c4F)c3c2)cn1. The third-order valence-corrected chi connectivity index (χ3v) is 6.43. The number of methoxy groups -OCH3 is 1. The smallest absolute Gasteiger partial charge is 0.321 e. The summed E-state index contributed by atoms with van der Waals surface area (Å²) in [6.07, 6.45) is 6.14. The number of H-pyrrole nitrogens is 1. The summed E-state index contributed by atoms with van der Waals surface area (Å²) in [5.41, 5.74) is 1.49. The van der Waals surface area contributed by atoms with Gasteiger partial charge < -0.3 is 9.72 Å². The number of halogens is 1. The van der Waals surface area contributed by atoms with E-state index in [4.69, 9.17) is 4.74 Å². The van der Waals surface area contributed by atoms with Crippen molar-refractivity contribution in [2.75, 3.05) is 16.6 Å². The molecule has 12 heteroatoms. The van der Waals surface area contributed by atoms with Crippen molar-refractivity contribution in [2.45, 2.75) is 0 Å². The summed E-state index contributed by atoms with van der Waals surface area (Å²) in [4.78, 5) is 28.8. The van der Waals surface area contributed by atoms with Crippen molar-refractivity contribution in [1.29, 1.82) is 0 Å². The molecule has 5 aromatic rings. The van der Waals surface area contributed by atoms with Crippen LogP contribution >= 0.6 is 0 Å². The number of hydrogen-bond donors (Lipinski definition) is 3.